The van der Waals surface area contributed by atoms with Gasteiger partial charge in [-0.25, -0.2) is 0 Å². The quantitative estimate of drug-likeness (QED) is 0.760. The lowest BCUT2D eigenvalue weighted by Crippen LogP contribution is -2.02. The van der Waals surface area contributed by atoms with Crippen LogP contribution in [0.1, 0.15) is 24.5 Å². The Kier molecular flexibility index (Phi) is 4.53. The lowest BCUT2D eigenvalue weighted by molar-refractivity contribution is -0.117. The van der Waals surface area contributed by atoms with Crippen LogP contribution in [0.4, 0.5) is 0 Å². The molecule has 0 N–H and O–H groups in total. The number of aryl methyl sites for hydroxylation is 1. The first-order valence-corrected chi connectivity index (χ1v) is 5.25. The number of nitrogens with zero attached hydrogens (tertiary/aromatic N) is 1. The number of ketones is 1. The van der Waals surface area contributed by atoms with E-state index in [2.05, 4.69) is 0 Å². The third kappa shape index (κ3) is 3.09. The third-order valence-corrected chi connectivity index (χ3v) is 2.40. The number of Topliss-reactive ketones (excluding diaryl/α,β-unsaturated/α-hetero) is 1. The Balaban J connectivity index is 2.83. The summed E-state index contributed by atoms with van der Waals surface area (Å²) in [4.78, 5) is 11.3. The molecule has 3 nitrogen and oxygen atoms in total. The van der Waals surface area contributed by atoms with Crippen molar-refractivity contribution in [3.8, 4) is 11.8 Å². The number of carbonyl (C=O) groups excluding carboxylic acids is 1. The Labute approximate surface area is 95.7 Å². The van der Waals surface area contributed by atoms with Crippen molar-refractivity contribution < 1.29 is 9.53 Å². The summed E-state index contributed by atoms with van der Waals surface area (Å²) in [5.41, 5.74) is 2.03. The molecule has 0 radical (unpaired) electrons. The van der Waals surface area contributed by atoms with Gasteiger partial charge in [-0.05, 0) is 23.6 Å². The second kappa shape index (κ2) is 5.92. The van der Waals surface area contributed by atoms with Crippen molar-refractivity contribution in [3.63, 3.8) is 0 Å². The zero-order chi connectivity index (χ0) is 12.0. The topological polar surface area (TPSA) is 50.1 Å². The molecule has 0 bridgehead atoms. The van der Waals surface area contributed by atoms with E-state index in [9.17, 15) is 4.79 Å². The van der Waals surface area contributed by atoms with Crippen LogP contribution in [0.5, 0.6) is 5.75 Å². The molecule has 0 aliphatic carbocycles. The fraction of sp³-hybridized carbons (Fsp3) is 0.385. The summed E-state index contributed by atoms with van der Waals surface area (Å²) in [5, 5.41) is 8.41. The van der Waals surface area contributed by atoms with Gasteiger partial charge in [-0.2, -0.15) is 5.26 Å². The Morgan fingerprint density at radius 1 is 1.50 bits per heavy atom. The molecular formula is C13H15NO2. The van der Waals surface area contributed by atoms with Crippen LogP contribution in [0.15, 0.2) is 18.2 Å². The molecular weight excluding hydrogens is 202 g/mol. The Morgan fingerprint density at radius 2 is 2.25 bits per heavy atom. The van der Waals surface area contributed by atoms with Crippen molar-refractivity contribution in [2.75, 3.05) is 7.11 Å². The molecule has 1 rings (SSSR count). The van der Waals surface area contributed by atoms with E-state index in [-0.39, 0.29) is 12.2 Å². The summed E-state index contributed by atoms with van der Waals surface area (Å²) in [6.45, 7) is 2.04. The van der Waals surface area contributed by atoms with Gasteiger partial charge in [0.2, 0.25) is 0 Å². The van der Waals surface area contributed by atoms with Crippen LogP contribution in [0, 0.1) is 11.3 Å². The van der Waals surface area contributed by atoms with E-state index in [0.29, 0.717) is 6.42 Å². The van der Waals surface area contributed by atoms with Crippen molar-refractivity contribution in [2.24, 2.45) is 0 Å². The van der Waals surface area contributed by atoms with Gasteiger partial charge in [0.15, 0.2) is 5.78 Å². The monoisotopic (exact) mass is 217 g/mol. The fourth-order valence-electron chi connectivity index (χ4n) is 1.60. The second-order valence-electron chi connectivity index (χ2n) is 3.55. The molecule has 0 saturated carbocycles. The Hall–Kier alpha value is -1.82. The van der Waals surface area contributed by atoms with E-state index in [1.165, 1.54) is 0 Å². The van der Waals surface area contributed by atoms with Crippen LogP contribution >= 0.6 is 0 Å². The number of methoxy groups -OCH3 is 1. The number of benzene rings is 1. The molecule has 0 amide bonds. The van der Waals surface area contributed by atoms with Gasteiger partial charge in [-0.1, -0.05) is 19.1 Å². The molecule has 0 atom stereocenters. The lowest BCUT2D eigenvalue weighted by atomic mass is 10.0. The van der Waals surface area contributed by atoms with Crippen molar-refractivity contribution in [2.45, 2.75) is 26.2 Å². The van der Waals surface area contributed by atoms with Gasteiger partial charge in [0.05, 0.1) is 19.6 Å². The molecule has 84 valence electrons. The largest absolute Gasteiger partial charge is 0.496 e. The molecule has 0 heterocycles. The maximum atomic E-state index is 11.3. The summed E-state index contributed by atoms with van der Waals surface area (Å²) in [7, 11) is 1.63. The minimum atomic E-state index is -0.0466. The van der Waals surface area contributed by atoms with Gasteiger partial charge < -0.3 is 4.74 Å². The summed E-state index contributed by atoms with van der Waals surface area (Å²) >= 11 is 0. The van der Waals surface area contributed by atoms with Gasteiger partial charge in [0.25, 0.3) is 0 Å². The molecule has 0 aliphatic rings. The summed E-state index contributed by atoms with van der Waals surface area (Å²) < 4.78 is 5.21. The number of nitriles is 1. The molecule has 0 fully saturated rings. The SMILES string of the molecule is CCc1cc(CC(=O)CC#N)ccc1OC. The fourth-order valence-corrected chi connectivity index (χ4v) is 1.60. The van der Waals surface area contributed by atoms with Gasteiger partial charge in [-0.3, -0.25) is 4.79 Å². The van der Waals surface area contributed by atoms with E-state index in [4.69, 9.17) is 10.00 Å². The lowest BCUT2D eigenvalue weighted by Gasteiger charge is -2.08. The maximum Gasteiger partial charge on any atom is 0.151 e. The van der Waals surface area contributed by atoms with Gasteiger partial charge in [0, 0.05) is 6.42 Å². The van der Waals surface area contributed by atoms with E-state index in [0.717, 1.165) is 23.3 Å². The van der Waals surface area contributed by atoms with Crippen LogP contribution in [0.3, 0.4) is 0 Å². The summed E-state index contributed by atoms with van der Waals surface area (Å²) in [5.74, 6) is 0.800. The minimum Gasteiger partial charge on any atom is -0.496 e. The molecule has 0 saturated heterocycles. The standard InChI is InChI=1S/C13H15NO2/c1-3-11-8-10(4-5-13(11)16-2)9-12(15)6-7-14/h4-5,8H,3,6,9H2,1-2H3. The van der Waals surface area contributed by atoms with Gasteiger partial charge in [0.1, 0.15) is 5.75 Å². The van der Waals surface area contributed by atoms with Gasteiger partial charge in [-0.15, -0.1) is 0 Å². The predicted molar refractivity (Wildman–Crippen MR) is 61.3 cm³/mol. The highest BCUT2D eigenvalue weighted by Crippen LogP contribution is 2.20. The molecule has 0 unspecified atom stereocenters. The molecule has 16 heavy (non-hydrogen) atoms. The number of ether oxygens (including phenoxy) is 1. The van der Waals surface area contributed by atoms with Crippen LogP contribution < -0.4 is 4.74 Å². The zero-order valence-electron chi connectivity index (χ0n) is 9.62. The van der Waals surface area contributed by atoms with Crippen molar-refractivity contribution >= 4 is 5.78 Å². The van der Waals surface area contributed by atoms with Crippen LogP contribution in [-0.4, -0.2) is 12.9 Å². The first-order valence-electron chi connectivity index (χ1n) is 5.25. The van der Waals surface area contributed by atoms with Crippen molar-refractivity contribution in [1.82, 2.24) is 0 Å². The number of rotatable bonds is 5. The smallest absolute Gasteiger partial charge is 0.151 e. The molecule has 0 spiro atoms. The molecule has 0 aromatic heterocycles. The minimum absolute atomic E-state index is 0.0203. The van der Waals surface area contributed by atoms with Crippen molar-refractivity contribution in [3.05, 3.63) is 29.3 Å². The number of hydrogen-bond acceptors (Lipinski definition) is 3. The predicted octanol–water partition coefficient (Wildman–Crippen LogP) is 2.28. The van der Waals surface area contributed by atoms with Gasteiger partial charge >= 0.3 is 0 Å². The molecule has 0 aliphatic heterocycles. The highest BCUT2D eigenvalue weighted by Gasteiger charge is 2.06. The van der Waals surface area contributed by atoms with E-state index in [1.54, 1.807) is 7.11 Å². The average molecular weight is 217 g/mol. The Bertz CT molecular complexity index is 418. The number of carbonyl (C=O) groups is 1. The normalized spacial score (nSPS) is 9.56. The van der Waals surface area contributed by atoms with E-state index in [1.807, 2.05) is 31.2 Å². The van der Waals surface area contributed by atoms with Crippen LogP contribution in [0.2, 0.25) is 0 Å². The zero-order valence-corrected chi connectivity index (χ0v) is 9.62. The first-order chi connectivity index (χ1) is 7.71. The third-order valence-electron chi connectivity index (χ3n) is 2.40. The Morgan fingerprint density at radius 3 is 2.81 bits per heavy atom. The highest BCUT2D eigenvalue weighted by molar-refractivity contribution is 5.82. The molecule has 1 aromatic rings. The highest BCUT2D eigenvalue weighted by atomic mass is 16.5. The van der Waals surface area contributed by atoms with Crippen molar-refractivity contribution in [1.29, 1.82) is 5.26 Å². The van der Waals surface area contributed by atoms with Crippen LogP contribution in [0.25, 0.3) is 0 Å². The second-order valence-corrected chi connectivity index (χ2v) is 3.55. The first kappa shape index (κ1) is 12.3. The summed E-state index contributed by atoms with van der Waals surface area (Å²) in [6, 6.07) is 7.57. The molecule has 1 aromatic carbocycles. The van der Waals surface area contributed by atoms with Crippen LogP contribution in [-0.2, 0) is 17.6 Å². The molecule has 3 heteroatoms. The maximum absolute atomic E-state index is 11.3. The number of hydrogen-bond donors (Lipinski definition) is 0. The van der Waals surface area contributed by atoms with E-state index < -0.39 is 0 Å². The van der Waals surface area contributed by atoms with E-state index >= 15 is 0 Å². The average Bonchev–Trinajstić information content (AvgIpc) is 2.29. The summed E-state index contributed by atoms with van der Waals surface area (Å²) in [6.07, 6.45) is 1.17.